The minimum Gasteiger partial charge on any atom is -0.322 e. The molecule has 3 N–H and O–H groups in total. The van der Waals surface area contributed by atoms with Gasteiger partial charge in [-0.05, 0) is 24.8 Å². The molecule has 2 heterocycles. The first-order valence-electron chi connectivity index (χ1n) is 10.1. The highest BCUT2D eigenvalue weighted by Gasteiger charge is 2.52. The van der Waals surface area contributed by atoms with Crippen molar-refractivity contribution in [3.8, 4) is 11.4 Å². The van der Waals surface area contributed by atoms with Crippen molar-refractivity contribution in [2.75, 3.05) is 5.75 Å². The number of carbonyl (C=O) groups is 3. The lowest BCUT2D eigenvalue weighted by molar-refractivity contribution is -0.139. The third kappa shape index (κ3) is 4.04. The number of imide groups is 1. The Bertz CT molecular complexity index is 952. The number of carbonyl (C=O) groups excluding carboxylic acids is 3. The van der Waals surface area contributed by atoms with Gasteiger partial charge in [0.15, 0.2) is 5.82 Å². The van der Waals surface area contributed by atoms with Crippen LogP contribution in [0, 0.1) is 0 Å². The predicted octanol–water partition coefficient (Wildman–Crippen LogP) is 2.41. The van der Waals surface area contributed by atoms with Crippen molar-refractivity contribution >= 4 is 29.6 Å². The molecule has 1 spiro atoms. The largest absolute Gasteiger partial charge is 0.344 e. The molecule has 1 aliphatic heterocycles. The molecular formula is C20H24N6O3S. The molecule has 1 saturated heterocycles. The van der Waals surface area contributed by atoms with E-state index >= 15 is 0 Å². The molecule has 2 fully saturated rings. The summed E-state index contributed by atoms with van der Waals surface area (Å²) in [6.07, 6.45) is 5.01. The van der Waals surface area contributed by atoms with Gasteiger partial charge in [0.1, 0.15) is 5.54 Å². The summed E-state index contributed by atoms with van der Waals surface area (Å²) in [6.45, 7) is 2.09. The standard InChI is InChI=1S/C20H24N6O3S/c1-2-13-6-8-14(9-7-13)16-21-18(24-23-16)30-12-15(27)25-26-17(28)20(22-19(26)29)10-4-3-5-11-20/h6-9H,2-5,10-12H2,1H3,(H,22,29)(H,25,27)(H,21,23,24). The lowest BCUT2D eigenvalue weighted by Crippen LogP contribution is -2.51. The van der Waals surface area contributed by atoms with Crippen molar-refractivity contribution in [1.29, 1.82) is 0 Å². The molecular weight excluding hydrogens is 404 g/mol. The van der Waals surface area contributed by atoms with Gasteiger partial charge in [0.25, 0.3) is 5.91 Å². The van der Waals surface area contributed by atoms with E-state index < -0.39 is 17.5 Å². The Kier molecular flexibility index (Phi) is 5.76. The summed E-state index contributed by atoms with van der Waals surface area (Å²) in [5.41, 5.74) is 3.70. The number of H-pyrrole nitrogens is 1. The van der Waals surface area contributed by atoms with Gasteiger partial charge in [-0.15, -0.1) is 5.10 Å². The highest BCUT2D eigenvalue weighted by Crippen LogP contribution is 2.33. The van der Waals surface area contributed by atoms with E-state index in [0.29, 0.717) is 23.8 Å². The van der Waals surface area contributed by atoms with Gasteiger partial charge in [0.2, 0.25) is 11.1 Å². The molecule has 2 aromatic rings. The van der Waals surface area contributed by atoms with Gasteiger partial charge in [-0.1, -0.05) is 62.2 Å². The minimum atomic E-state index is -0.859. The second-order valence-corrected chi connectivity index (χ2v) is 8.50. The van der Waals surface area contributed by atoms with E-state index in [0.717, 1.165) is 48.0 Å². The summed E-state index contributed by atoms with van der Waals surface area (Å²) in [6, 6.07) is 7.44. The molecule has 1 saturated carbocycles. The molecule has 0 atom stereocenters. The number of aromatic nitrogens is 3. The Morgan fingerprint density at radius 3 is 2.63 bits per heavy atom. The van der Waals surface area contributed by atoms with E-state index in [1.54, 1.807) is 0 Å². The lowest BCUT2D eigenvalue weighted by atomic mass is 9.82. The molecule has 9 nitrogen and oxygen atoms in total. The average molecular weight is 429 g/mol. The number of hydrogen-bond donors (Lipinski definition) is 3. The Hall–Kier alpha value is -2.88. The van der Waals surface area contributed by atoms with Crippen molar-refractivity contribution in [2.24, 2.45) is 0 Å². The maximum absolute atomic E-state index is 12.7. The van der Waals surface area contributed by atoms with Crippen LogP contribution in [0.3, 0.4) is 0 Å². The van der Waals surface area contributed by atoms with Crippen molar-refractivity contribution in [3.05, 3.63) is 29.8 Å². The zero-order valence-corrected chi connectivity index (χ0v) is 17.6. The fourth-order valence-electron chi connectivity index (χ4n) is 3.84. The van der Waals surface area contributed by atoms with Gasteiger partial charge in [-0.3, -0.25) is 20.1 Å². The van der Waals surface area contributed by atoms with E-state index in [-0.39, 0.29) is 11.7 Å². The van der Waals surface area contributed by atoms with E-state index in [4.69, 9.17) is 0 Å². The second kappa shape index (κ2) is 8.47. The number of nitrogens with one attached hydrogen (secondary N) is 3. The number of hydrogen-bond acceptors (Lipinski definition) is 6. The quantitative estimate of drug-likeness (QED) is 0.480. The van der Waals surface area contributed by atoms with Crippen LogP contribution < -0.4 is 10.7 Å². The monoisotopic (exact) mass is 428 g/mol. The maximum atomic E-state index is 12.7. The number of amides is 4. The van der Waals surface area contributed by atoms with E-state index in [1.807, 2.05) is 24.3 Å². The van der Waals surface area contributed by atoms with Gasteiger partial charge in [0, 0.05) is 5.56 Å². The third-order valence-corrected chi connectivity index (χ3v) is 6.39. The third-order valence-electron chi connectivity index (χ3n) is 5.54. The number of thioether (sulfide) groups is 1. The first-order valence-corrected chi connectivity index (χ1v) is 11.1. The van der Waals surface area contributed by atoms with E-state index in [2.05, 4.69) is 32.8 Å². The second-order valence-electron chi connectivity index (χ2n) is 7.55. The van der Waals surface area contributed by atoms with Crippen LogP contribution in [-0.2, 0) is 16.0 Å². The van der Waals surface area contributed by atoms with E-state index in [1.165, 1.54) is 5.56 Å². The predicted molar refractivity (Wildman–Crippen MR) is 111 cm³/mol. The topological polar surface area (TPSA) is 120 Å². The summed E-state index contributed by atoms with van der Waals surface area (Å²) in [7, 11) is 0. The van der Waals surface area contributed by atoms with Crippen LogP contribution in [0.25, 0.3) is 11.4 Å². The number of urea groups is 1. The van der Waals surface area contributed by atoms with Crippen LogP contribution in [0.15, 0.2) is 29.4 Å². The van der Waals surface area contributed by atoms with Gasteiger partial charge in [0.05, 0.1) is 5.75 Å². The lowest BCUT2D eigenvalue weighted by Gasteiger charge is -2.30. The first-order chi connectivity index (χ1) is 14.5. The Labute approximate surface area is 178 Å². The Balaban J connectivity index is 1.32. The summed E-state index contributed by atoms with van der Waals surface area (Å²) in [5.74, 6) is -0.235. The molecule has 1 aliphatic carbocycles. The maximum Gasteiger partial charge on any atom is 0.344 e. The van der Waals surface area contributed by atoms with Crippen LogP contribution in [0.2, 0.25) is 0 Å². The highest BCUT2D eigenvalue weighted by molar-refractivity contribution is 7.99. The zero-order valence-electron chi connectivity index (χ0n) is 16.7. The normalized spacial score (nSPS) is 18.0. The van der Waals surface area contributed by atoms with Crippen LogP contribution >= 0.6 is 11.8 Å². The molecule has 4 amide bonds. The summed E-state index contributed by atoms with van der Waals surface area (Å²) in [5, 5.41) is 11.0. The smallest absolute Gasteiger partial charge is 0.322 e. The number of aromatic amines is 1. The molecule has 0 radical (unpaired) electrons. The van der Waals surface area contributed by atoms with Gasteiger partial charge < -0.3 is 5.32 Å². The number of aryl methyl sites for hydroxylation is 1. The summed E-state index contributed by atoms with van der Waals surface area (Å²) >= 11 is 1.13. The summed E-state index contributed by atoms with van der Waals surface area (Å²) < 4.78 is 0. The Morgan fingerprint density at radius 2 is 1.93 bits per heavy atom. The molecule has 158 valence electrons. The molecule has 4 rings (SSSR count). The van der Waals surface area contributed by atoms with Gasteiger partial charge >= 0.3 is 6.03 Å². The number of benzene rings is 1. The first kappa shape index (κ1) is 20.4. The van der Waals surface area contributed by atoms with Crippen molar-refractivity contribution in [2.45, 2.75) is 56.1 Å². The van der Waals surface area contributed by atoms with Crippen molar-refractivity contribution < 1.29 is 14.4 Å². The van der Waals surface area contributed by atoms with E-state index in [9.17, 15) is 14.4 Å². The van der Waals surface area contributed by atoms with Gasteiger partial charge in [-0.2, -0.15) is 5.01 Å². The van der Waals surface area contributed by atoms with Crippen LogP contribution in [0.1, 0.15) is 44.6 Å². The minimum absolute atomic E-state index is 0.0177. The van der Waals surface area contributed by atoms with Gasteiger partial charge in [-0.25, -0.2) is 9.78 Å². The molecule has 1 aromatic heterocycles. The highest BCUT2D eigenvalue weighted by atomic mass is 32.2. The van der Waals surface area contributed by atoms with Crippen LogP contribution in [-0.4, -0.2) is 49.3 Å². The Morgan fingerprint density at radius 1 is 1.20 bits per heavy atom. The summed E-state index contributed by atoms with van der Waals surface area (Å²) in [4.78, 5) is 41.6. The molecule has 0 bridgehead atoms. The number of hydrazine groups is 1. The fraction of sp³-hybridized carbons (Fsp3) is 0.450. The van der Waals surface area contributed by atoms with Crippen LogP contribution in [0.5, 0.6) is 0 Å². The van der Waals surface area contributed by atoms with Crippen molar-refractivity contribution in [3.63, 3.8) is 0 Å². The zero-order chi connectivity index (χ0) is 21.1. The number of nitrogens with zero attached hydrogens (tertiary/aromatic N) is 3. The number of rotatable bonds is 6. The molecule has 30 heavy (non-hydrogen) atoms. The van der Waals surface area contributed by atoms with Crippen molar-refractivity contribution in [1.82, 2.24) is 30.9 Å². The van der Waals surface area contributed by atoms with Crippen LogP contribution in [0.4, 0.5) is 4.79 Å². The SMILES string of the molecule is CCc1ccc(-c2nc(SCC(=O)NN3C(=O)NC4(CCCCC4)C3=O)n[nH]2)cc1. The molecule has 10 heteroatoms. The fourth-order valence-corrected chi connectivity index (χ4v) is 4.43. The average Bonchev–Trinajstić information content (AvgIpc) is 3.32. The molecule has 0 unspecified atom stereocenters. The molecule has 1 aromatic carbocycles. The molecule has 2 aliphatic rings.